The molecule has 1 amide bonds. The number of nitrogens with one attached hydrogen (secondary N) is 1. The van der Waals surface area contributed by atoms with Crippen molar-refractivity contribution in [3.63, 3.8) is 0 Å². The van der Waals surface area contributed by atoms with Gasteiger partial charge in [0.1, 0.15) is 5.75 Å². The summed E-state index contributed by atoms with van der Waals surface area (Å²) >= 11 is 0. The predicted molar refractivity (Wildman–Crippen MR) is 74.0 cm³/mol. The predicted octanol–water partition coefficient (Wildman–Crippen LogP) is 1.54. The largest absolute Gasteiger partial charge is 0.453 e. The van der Waals surface area contributed by atoms with Crippen LogP contribution in [0.2, 0.25) is 0 Å². The van der Waals surface area contributed by atoms with E-state index in [4.69, 9.17) is 0 Å². The maximum absolute atomic E-state index is 12.6. The van der Waals surface area contributed by atoms with Crippen LogP contribution < -0.4 is 5.32 Å². The second-order valence-corrected chi connectivity index (χ2v) is 7.53. The first-order valence-electron chi connectivity index (χ1n) is 6.61. The molecule has 0 saturated heterocycles. The second kappa shape index (κ2) is 8.19. The van der Waals surface area contributed by atoms with E-state index in [1.807, 2.05) is 21.1 Å². The molecule has 0 rings (SSSR count). The van der Waals surface area contributed by atoms with Gasteiger partial charge in [0.25, 0.3) is 0 Å². The third-order valence-corrected chi connectivity index (χ3v) is 3.92. The van der Waals surface area contributed by atoms with E-state index in [-0.39, 0.29) is 0 Å². The van der Waals surface area contributed by atoms with E-state index >= 15 is 0 Å². The van der Waals surface area contributed by atoms with Crippen LogP contribution in [0.4, 0.5) is 22.0 Å². The Balaban J connectivity index is 4.00. The summed E-state index contributed by atoms with van der Waals surface area (Å²) in [6.07, 6.45) is -6.57. The lowest BCUT2D eigenvalue weighted by molar-refractivity contribution is -0.870. The molecule has 0 fully saturated rings. The van der Waals surface area contributed by atoms with Crippen LogP contribution in [0.1, 0.15) is 12.8 Å². The molecular weight excluding hydrogens is 331 g/mol. The lowest BCUT2D eigenvalue weighted by Gasteiger charge is -2.23. The van der Waals surface area contributed by atoms with Gasteiger partial charge in [0, 0.05) is 35.9 Å². The number of hydrogen-bond donors (Lipinski definition) is 1. The molecule has 0 aliphatic heterocycles. The molecule has 0 saturated carbocycles. The molecule has 1 unspecified atom stereocenters. The fourth-order valence-electron chi connectivity index (χ4n) is 1.43. The van der Waals surface area contributed by atoms with E-state index in [2.05, 4.69) is 5.32 Å². The van der Waals surface area contributed by atoms with Crippen molar-refractivity contribution in [1.29, 1.82) is 0 Å². The Morgan fingerprint density at radius 3 is 2.14 bits per heavy atom. The van der Waals surface area contributed by atoms with Crippen LogP contribution in [0.25, 0.3) is 0 Å². The number of amides is 1. The van der Waals surface area contributed by atoms with Gasteiger partial charge < -0.3 is 9.80 Å². The number of carbonyl (C=O) groups excluding carboxylic acids is 1. The van der Waals surface area contributed by atoms with Gasteiger partial charge in [-0.1, -0.05) is 0 Å². The summed E-state index contributed by atoms with van der Waals surface area (Å²) < 4.78 is 73.1. The monoisotopic (exact) mass is 353 g/mol. The summed E-state index contributed by atoms with van der Waals surface area (Å²) in [6, 6.07) is 0. The number of rotatable bonds is 9. The smallest absolute Gasteiger partial charge is 0.355 e. The van der Waals surface area contributed by atoms with Crippen molar-refractivity contribution in [2.45, 2.75) is 24.9 Å². The van der Waals surface area contributed by atoms with Crippen molar-refractivity contribution >= 4 is 16.7 Å². The van der Waals surface area contributed by atoms with E-state index < -0.39 is 46.7 Å². The lowest BCUT2D eigenvalue weighted by Crippen LogP contribution is -2.39. The lowest BCUT2D eigenvalue weighted by atomic mass is 10.2. The van der Waals surface area contributed by atoms with Gasteiger partial charge >= 0.3 is 12.1 Å². The minimum Gasteiger partial charge on any atom is -0.355 e. The summed E-state index contributed by atoms with van der Waals surface area (Å²) in [4.78, 5) is 11.4. The van der Waals surface area contributed by atoms with Gasteiger partial charge in [-0.15, -0.1) is 0 Å². The number of quaternary nitrogens is 1. The Labute approximate surface area is 129 Å². The first-order chi connectivity index (χ1) is 9.74. The third kappa shape index (κ3) is 9.29. The molecule has 0 aliphatic rings. The van der Waals surface area contributed by atoms with Gasteiger partial charge in [0.05, 0.1) is 27.7 Å². The summed E-state index contributed by atoms with van der Waals surface area (Å²) in [7, 11) is 3.86. The van der Waals surface area contributed by atoms with Crippen LogP contribution >= 0.6 is 0 Å². The third-order valence-electron chi connectivity index (χ3n) is 2.68. The van der Waals surface area contributed by atoms with E-state index in [9.17, 15) is 31.0 Å². The SMILES string of the molecule is C[N+](C)(C)CCCNC(=O)CS(=O)CCC(F)(F)C(F)(F)F. The number of hydrogen-bond acceptors (Lipinski definition) is 2. The van der Waals surface area contributed by atoms with Crippen molar-refractivity contribution in [3.8, 4) is 0 Å². The molecule has 0 radical (unpaired) electrons. The van der Waals surface area contributed by atoms with Crippen molar-refractivity contribution in [3.05, 3.63) is 0 Å². The van der Waals surface area contributed by atoms with Crippen molar-refractivity contribution < 1.29 is 35.4 Å². The molecule has 0 bridgehead atoms. The van der Waals surface area contributed by atoms with Crippen molar-refractivity contribution in [2.24, 2.45) is 0 Å². The molecule has 4 nitrogen and oxygen atoms in total. The van der Waals surface area contributed by atoms with E-state index in [0.717, 1.165) is 6.54 Å². The minimum atomic E-state index is -5.66. The molecule has 1 atom stereocenters. The van der Waals surface area contributed by atoms with Crippen LogP contribution in [-0.2, 0) is 15.6 Å². The van der Waals surface area contributed by atoms with Crippen molar-refractivity contribution in [2.75, 3.05) is 45.7 Å². The first kappa shape index (κ1) is 21.2. The highest BCUT2D eigenvalue weighted by atomic mass is 32.2. The highest BCUT2D eigenvalue weighted by Crippen LogP contribution is 2.37. The zero-order chi connectivity index (χ0) is 17.6. The van der Waals surface area contributed by atoms with Gasteiger partial charge in [-0.2, -0.15) is 22.0 Å². The minimum absolute atomic E-state index is 0.338. The Morgan fingerprint density at radius 2 is 1.68 bits per heavy atom. The summed E-state index contributed by atoms with van der Waals surface area (Å²) in [5, 5.41) is 2.46. The molecule has 0 heterocycles. The van der Waals surface area contributed by atoms with E-state index in [1.54, 1.807) is 0 Å². The molecule has 0 aliphatic carbocycles. The second-order valence-electron chi connectivity index (χ2n) is 5.96. The molecular formula is C12H22F5N2O2S+. The molecule has 0 spiro atoms. The van der Waals surface area contributed by atoms with Gasteiger partial charge in [-0.25, -0.2) is 0 Å². The fraction of sp³-hybridized carbons (Fsp3) is 0.917. The number of alkyl halides is 5. The standard InChI is InChI=1S/C12H21F5N2O2S/c1-19(2,3)7-4-6-18-10(20)9-22(21)8-5-11(13,14)12(15,16)17/h4-9H2,1-3H3/p+1. The zero-order valence-corrected chi connectivity index (χ0v) is 13.6. The normalized spacial score (nSPS) is 14.7. The average molecular weight is 353 g/mol. The van der Waals surface area contributed by atoms with Gasteiger partial charge in [0.15, 0.2) is 0 Å². The first-order valence-corrected chi connectivity index (χ1v) is 8.10. The number of halogens is 5. The molecule has 1 N–H and O–H groups in total. The van der Waals surface area contributed by atoms with Gasteiger partial charge in [-0.3, -0.25) is 9.00 Å². The summed E-state index contributed by atoms with van der Waals surface area (Å²) in [6.45, 7) is 1.13. The van der Waals surface area contributed by atoms with E-state index in [0.29, 0.717) is 17.4 Å². The van der Waals surface area contributed by atoms with Gasteiger partial charge in [-0.05, 0) is 0 Å². The van der Waals surface area contributed by atoms with Crippen LogP contribution in [0.5, 0.6) is 0 Å². The van der Waals surface area contributed by atoms with Crippen LogP contribution in [-0.4, -0.2) is 72.4 Å². The summed E-state index contributed by atoms with van der Waals surface area (Å²) in [5.41, 5.74) is 0. The van der Waals surface area contributed by atoms with Crippen LogP contribution in [0.15, 0.2) is 0 Å². The molecule has 132 valence electrons. The fourth-order valence-corrected chi connectivity index (χ4v) is 2.46. The van der Waals surface area contributed by atoms with Crippen LogP contribution in [0, 0.1) is 0 Å². The van der Waals surface area contributed by atoms with Crippen molar-refractivity contribution in [1.82, 2.24) is 5.32 Å². The quantitative estimate of drug-likeness (QED) is 0.388. The topological polar surface area (TPSA) is 46.2 Å². The average Bonchev–Trinajstić information content (AvgIpc) is 2.30. The number of nitrogens with zero attached hydrogens (tertiary/aromatic N) is 1. The van der Waals surface area contributed by atoms with Gasteiger partial charge in [0.2, 0.25) is 5.91 Å². The Kier molecular flexibility index (Phi) is 7.90. The molecule has 0 aromatic carbocycles. The Hall–Kier alpha value is -0.770. The number of carbonyl (C=O) groups is 1. The Bertz CT molecular complexity index is 394. The molecule has 10 heteroatoms. The zero-order valence-electron chi connectivity index (χ0n) is 12.8. The maximum atomic E-state index is 12.6. The molecule has 0 aromatic rings. The Morgan fingerprint density at radius 1 is 1.14 bits per heavy atom. The summed E-state index contributed by atoms with van der Waals surface area (Å²) in [5.74, 6) is -6.95. The highest BCUT2D eigenvalue weighted by molar-refractivity contribution is 7.85. The van der Waals surface area contributed by atoms with Crippen LogP contribution in [0.3, 0.4) is 0 Å². The highest BCUT2D eigenvalue weighted by Gasteiger charge is 2.56. The molecule has 22 heavy (non-hydrogen) atoms. The van der Waals surface area contributed by atoms with E-state index in [1.165, 1.54) is 0 Å². The molecule has 0 aromatic heterocycles. The maximum Gasteiger partial charge on any atom is 0.453 e.